The summed E-state index contributed by atoms with van der Waals surface area (Å²) in [5.74, 6) is 1.49. The van der Waals surface area contributed by atoms with Crippen molar-refractivity contribution in [2.75, 3.05) is 0 Å². The molecule has 1 aliphatic carbocycles. The maximum atomic E-state index is 6.28. The molecule has 1 aromatic carbocycles. The first kappa shape index (κ1) is 13.0. The molecule has 3 rings (SSSR count). The van der Waals surface area contributed by atoms with Crippen LogP contribution in [-0.2, 0) is 6.54 Å². The predicted octanol–water partition coefficient (Wildman–Crippen LogP) is 4.77. The molecular formula is C16H20ClNO. The van der Waals surface area contributed by atoms with Crippen molar-refractivity contribution in [2.45, 2.75) is 52.1 Å². The standard InChI is InChI=1S/C16H20ClNO/c1-9(2)14-13(8-18-11-5-6-11)19-16-12(17)7-4-10(3)15(14)16/h4,7,9,11,18H,5-6,8H2,1-3H3. The summed E-state index contributed by atoms with van der Waals surface area (Å²) in [5.41, 5.74) is 3.39. The van der Waals surface area contributed by atoms with Gasteiger partial charge in [0.1, 0.15) is 5.76 Å². The second-order valence-electron chi connectivity index (χ2n) is 5.82. The van der Waals surface area contributed by atoms with Gasteiger partial charge in [-0.25, -0.2) is 0 Å². The van der Waals surface area contributed by atoms with Crippen LogP contribution in [-0.4, -0.2) is 6.04 Å². The van der Waals surface area contributed by atoms with Gasteiger partial charge in [-0.2, -0.15) is 0 Å². The Hall–Kier alpha value is -0.990. The molecule has 1 aromatic heterocycles. The summed E-state index contributed by atoms with van der Waals surface area (Å²) in [7, 11) is 0. The van der Waals surface area contributed by atoms with E-state index in [1.54, 1.807) is 0 Å². The van der Waals surface area contributed by atoms with Gasteiger partial charge in [0, 0.05) is 17.0 Å². The smallest absolute Gasteiger partial charge is 0.153 e. The lowest BCUT2D eigenvalue weighted by atomic mass is 9.96. The zero-order valence-corrected chi connectivity index (χ0v) is 12.5. The van der Waals surface area contributed by atoms with Crippen molar-refractivity contribution in [3.05, 3.63) is 34.0 Å². The maximum Gasteiger partial charge on any atom is 0.153 e. The molecule has 2 aromatic rings. The molecule has 0 radical (unpaired) electrons. The van der Waals surface area contributed by atoms with Crippen LogP contribution >= 0.6 is 11.6 Å². The quantitative estimate of drug-likeness (QED) is 0.871. The number of aryl methyl sites for hydroxylation is 1. The highest BCUT2D eigenvalue weighted by Gasteiger charge is 2.24. The number of halogens is 1. The second kappa shape index (κ2) is 4.84. The van der Waals surface area contributed by atoms with Crippen molar-refractivity contribution in [3.8, 4) is 0 Å². The molecule has 1 heterocycles. The van der Waals surface area contributed by atoms with E-state index < -0.39 is 0 Å². The van der Waals surface area contributed by atoms with Gasteiger partial charge in [0.25, 0.3) is 0 Å². The summed E-state index contributed by atoms with van der Waals surface area (Å²) in [5, 5.41) is 5.44. The minimum absolute atomic E-state index is 0.439. The number of hydrogen-bond acceptors (Lipinski definition) is 2. The average Bonchev–Trinajstić information content (AvgIpc) is 3.10. The van der Waals surface area contributed by atoms with Gasteiger partial charge in [0.2, 0.25) is 0 Å². The Morgan fingerprint density at radius 1 is 1.37 bits per heavy atom. The first-order chi connectivity index (χ1) is 9.08. The molecule has 2 nitrogen and oxygen atoms in total. The van der Waals surface area contributed by atoms with Crippen LogP contribution in [0.2, 0.25) is 5.02 Å². The highest BCUT2D eigenvalue weighted by Crippen LogP contribution is 2.37. The van der Waals surface area contributed by atoms with Crippen LogP contribution in [0.1, 0.15) is 49.5 Å². The van der Waals surface area contributed by atoms with Crippen molar-refractivity contribution >= 4 is 22.6 Å². The van der Waals surface area contributed by atoms with Crippen molar-refractivity contribution in [2.24, 2.45) is 0 Å². The van der Waals surface area contributed by atoms with E-state index in [2.05, 4.69) is 32.2 Å². The molecule has 0 amide bonds. The lowest BCUT2D eigenvalue weighted by molar-refractivity contribution is 0.503. The Morgan fingerprint density at radius 3 is 2.74 bits per heavy atom. The van der Waals surface area contributed by atoms with E-state index in [0.717, 1.165) is 17.9 Å². The summed E-state index contributed by atoms with van der Waals surface area (Å²) < 4.78 is 6.06. The summed E-state index contributed by atoms with van der Waals surface area (Å²) in [6.45, 7) is 7.36. The third-order valence-electron chi connectivity index (χ3n) is 3.82. The summed E-state index contributed by atoms with van der Waals surface area (Å²) in [6, 6.07) is 4.68. The third-order valence-corrected chi connectivity index (χ3v) is 4.12. The van der Waals surface area contributed by atoms with Crippen LogP contribution in [0.3, 0.4) is 0 Å². The number of nitrogens with one attached hydrogen (secondary N) is 1. The van der Waals surface area contributed by atoms with E-state index in [4.69, 9.17) is 16.0 Å². The Kier molecular flexibility index (Phi) is 3.32. The number of benzene rings is 1. The zero-order valence-electron chi connectivity index (χ0n) is 11.7. The highest BCUT2D eigenvalue weighted by atomic mass is 35.5. The van der Waals surface area contributed by atoms with Gasteiger partial charge in [-0.15, -0.1) is 0 Å². The minimum atomic E-state index is 0.439. The van der Waals surface area contributed by atoms with Gasteiger partial charge >= 0.3 is 0 Å². The monoisotopic (exact) mass is 277 g/mol. The fraction of sp³-hybridized carbons (Fsp3) is 0.500. The van der Waals surface area contributed by atoms with Gasteiger partial charge in [-0.05, 0) is 37.3 Å². The fourth-order valence-electron chi connectivity index (χ4n) is 2.67. The van der Waals surface area contributed by atoms with Crippen molar-refractivity contribution in [1.29, 1.82) is 0 Å². The van der Waals surface area contributed by atoms with Crippen LogP contribution in [0.4, 0.5) is 0 Å². The van der Waals surface area contributed by atoms with Crippen LogP contribution < -0.4 is 5.32 Å². The molecule has 0 aliphatic heterocycles. The summed E-state index contributed by atoms with van der Waals surface area (Å²) in [4.78, 5) is 0. The van der Waals surface area contributed by atoms with Gasteiger partial charge in [0.15, 0.2) is 5.58 Å². The number of hydrogen-bond donors (Lipinski definition) is 1. The van der Waals surface area contributed by atoms with E-state index in [1.165, 1.54) is 29.4 Å². The van der Waals surface area contributed by atoms with Crippen LogP contribution in [0.25, 0.3) is 11.0 Å². The van der Waals surface area contributed by atoms with Gasteiger partial charge in [-0.1, -0.05) is 31.5 Å². The topological polar surface area (TPSA) is 25.2 Å². The lowest BCUT2D eigenvalue weighted by Gasteiger charge is -2.08. The summed E-state index contributed by atoms with van der Waals surface area (Å²) >= 11 is 6.28. The van der Waals surface area contributed by atoms with Crippen LogP contribution in [0.15, 0.2) is 16.5 Å². The van der Waals surface area contributed by atoms with Crippen LogP contribution in [0, 0.1) is 6.92 Å². The number of fused-ring (bicyclic) bond motifs is 1. The predicted molar refractivity (Wildman–Crippen MR) is 79.9 cm³/mol. The average molecular weight is 278 g/mol. The molecule has 1 aliphatic rings. The molecule has 1 fully saturated rings. The molecule has 0 unspecified atom stereocenters. The molecule has 0 spiro atoms. The number of rotatable bonds is 4. The largest absolute Gasteiger partial charge is 0.458 e. The van der Waals surface area contributed by atoms with Gasteiger partial charge < -0.3 is 9.73 Å². The van der Waals surface area contributed by atoms with Crippen molar-refractivity contribution in [1.82, 2.24) is 5.32 Å². The Labute approximate surface area is 119 Å². The normalized spacial score (nSPS) is 15.6. The first-order valence-electron chi connectivity index (χ1n) is 7.01. The zero-order chi connectivity index (χ0) is 13.6. The molecule has 3 heteroatoms. The highest BCUT2D eigenvalue weighted by molar-refractivity contribution is 6.35. The molecular weight excluding hydrogens is 258 g/mol. The van der Waals surface area contributed by atoms with E-state index >= 15 is 0 Å². The van der Waals surface area contributed by atoms with Gasteiger partial charge in [0.05, 0.1) is 11.6 Å². The molecule has 0 saturated heterocycles. The molecule has 1 N–H and O–H groups in total. The number of furan rings is 1. The maximum absolute atomic E-state index is 6.28. The third kappa shape index (κ3) is 2.39. The van der Waals surface area contributed by atoms with E-state index in [0.29, 0.717) is 17.0 Å². The molecule has 0 bridgehead atoms. The minimum Gasteiger partial charge on any atom is -0.458 e. The summed E-state index contributed by atoms with van der Waals surface area (Å²) in [6.07, 6.45) is 2.58. The van der Waals surface area contributed by atoms with E-state index in [1.807, 2.05) is 6.07 Å². The second-order valence-corrected chi connectivity index (χ2v) is 6.22. The van der Waals surface area contributed by atoms with E-state index in [9.17, 15) is 0 Å². The van der Waals surface area contributed by atoms with E-state index in [-0.39, 0.29) is 0 Å². The molecule has 0 atom stereocenters. The SMILES string of the molecule is Cc1ccc(Cl)c2oc(CNC3CC3)c(C(C)C)c12. The Balaban J connectivity index is 2.11. The fourth-order valence-corrected chi connectivity index (χ4v) is 2.87. The van der Waals surface area contributed by atoms with Crippen molar-refractivity contribution in [3.63, 3.8) is 0 Å². The Bertz CT molecular complexity index is 611. The molecule has 102 valence electrons. The van der Waals surface area contributed by atoms with Crippen molar-refractivity contribution < 1.29 is 4.42 Å². The lowest BCUT2D eigenvalue weighted by Crippen LogP contribution is -2.16. The Morgan fingerprint density at radius 2 is 2.11 bits per heavy atom. The first-order valence-corrected chi connectivity index (χ1v) is 7.39. The van der Waals surface area contributed by atoms with Gasteiger partial charge in [-0.3, -0.25) is 0 Å². The molecule has 19 heavy (non-hydrogen) atoms. The molecule has 1 saturated carbocycles. The van der Waals surface area contributed by atoms with Crippen LogP contribution in [0.5, 0.6) is 0 Å².